The van der Waals surface area contributed by atoms with Crippen LogP contribution in [0.4, 0.5) is 0 Å². The van der Waals surface area contributed by atoms with Crippen molar-refractivity contribution in [2.45, 2.75) is 0 Å². The predicted octanol–water partition coefficient (Wildman–Crippen LogP) is -18.3. The van der Waals surface area contributed by atoms with Crippen molar-refractivity contribution in [1.29, 1.82) is 0 Å². The normalized spacial score (nSPS) is 9.65. The van der Waals surface area contributed by atoms with Crippen LogP contribution in [0.15, 0.2) is 0 Å². The summed E-state index contributed by atoms with van der Waals surface area (Å²) in [5.74, 6) is -7.67. The summed E-state index contributed by atoms with van der Waals surface area (Å²) in [6.07, 6.45) is 0. The smallest absolute Gasteiger partial charge is 0.549 e. The summed E-state index contributed by atoms with van der Waals surface area (Å²) >= 11 is 0. The molecule has 0 rings (SSSR count). The maximum atomic E-state index is 10.8. The monoisotopic (exact) mass is 520 g/mol. The molecule has 0 saturated carbocycles. The summed E-state index contributed by atoms with van der Waals surface area (Å²) in [6, 6.07) is 0. The second kappa shape index (κ2) is 23.9. The number of rotatable bonds is 16. The Bertz CT molecular complexity index is 502. The van der Waals surface area contributed by atoms with Crippen molar-refractivity contribution in [1.82, 2.24) is 14.7 Å². The summed E-state index contributed by atoms with van der Waals surface area (Å²) in [5.41, 5.74) is 0. The molecule has 13 nitrogen and oxygen atoms in total. The summed E-state index contributed by atoms with van der Waals surface area (Å²) in [6.45, 7) is -4.16. The largest absolute Gasteiger partial charge is 2.00 e. The van der Waals surface area contributed by atoms with E-state index in [-0.39, 0.29) is 132 Å². The third-order valence-corrected chi connectivity index (χ3v) is 3.23. The van der Waals surface area contributed by atoms with Crippen LogP contribution in [0.3, 0.4) is 0 Å². The van der Waals surface area contributed by atoms with Gasteiger partial charge in [-0.25, -0.2) is 0 Å². The molecule has 163 valence electrons. The number of nitrogens with zero attached hydrogens (tertiary/aromatic N) is 3. The van der Waals surface area contributed by atoms with Crippen molar-refractivity contribution in [3.05, 3.63) is 0 Å². The molecule has 0 aliphatic heterocycles. The van der Waals surface area contributed by atoms with Crippen LogP contribution in [0, 0.1) is 0 Å². The Kier molecular flexibility index (Phi) is 32.3. The van der Waals surface area contributed by atoms with E-state index in [0.29, 0.717) is 0 Å². The molecule has 0 atom stereocenters. The van der Waals surface area contributed by atoms with Crippen molar-refractivity contribution >= 4 is 29.8 Å². The van der Waals surface area contributed by atoms with E-state index in [2.05, 4.69) is 0 Å². The fourth-order valence-electron chi connectivity index (χ4n) is 2.18. The van der Waals surface area contributed by atoms with E-state index in [9.17, 15) is 49.5 Å². The number of hydrogen-bond donors (Lipinski definition) is 0. The number of carboxylic acid groups (broad SMARTS) is 5. The maximum absolute atomic E-state index is 10.8. The fourth-order valence-corrected chi connectivity index (χ4v) is 2.18. The molecule has 0 bridgehead atoms. The van der Waals surface area contributed by atoms with E-state index in [0.717, 1.165) is 9.80 Å². The summed E-state index contributed by atoms with van der Waals surface area (Å²) < 4.78 is 0. The first-order valence-electron chi connectivity index (χ1n) is 7.66. The van der Waals surface area contributed by atoms with E-state index in [1.165, 1.54) is 4.90 Å². The zero-order valence-corrected chi connectivity index (χ0v) is 24.5. The SMILES string of the molecule is O=C([O-])CN(CCN(CC(=O)[O-])CC(=O)[O-])CCN(CC(=O)[O-])CC(=O)[O-].[Cu+2].[Na+].[Na+].[Na+]. The van der Waals surface area contributed by atoms with Crippen molar-refractivity contribution < 1.29 is 155 Å². The Morgan fingerprint density at radius 2 is 0.581 bits per heavy atom. The Morgan fingerprint density at radius 3 is 0.774 bits per heavy atom. The Hall–Kier alpha value is 0.749. The number of aliphatic carboxylic acids is 5. The van der Waals surface area contributed by atoms with Gasteiger partial charge in [0.05, 0.1) is 29.8 Å². The van der Waals surface area contributed by atoms with E-state index in [1.807, 2.05) is 0 Å². The molecule has 0 amide bonds. The average Bonchev–Trinajstić information content (AvgIpc) is 2.46. The molecule has 31 heavy (non-hydrogen) atoms. The maximum Gasteiger partial charge on any atom is 2.00 e. The summed E-state index contributed by atoms with van der Waals surface area (Å²) in [7, 11) is 0. The van der Waals surface area contributed by atoms with Gasteiger partial charge in [-0.15, -0.1) is 0 Å². The number of carbonyl (C=O) groups excluding carboxylic acids is 5. The predicted molar refractivity (Wildman–Crippen MR) is 74.4 cm³/mol. The molecular weight excluding hydrogens is 503 g/mol. The minimum Gasteiger partial charge on any atom is -0.549 e. The summed E-state index contributed by atoms with van der Waals surface area (Å²) in [4.78, 5) is 56.4. The van der Waals surface area contributed by atoms with E-state index in [1.54, 1.807) is 0 Å². The molecule has 0 heterocycles. The quantitative estimate of drug-likeness (QED) is 0.173. The first kappa shape index (κ1) is 42.0. The Morgan fingerprint density at radius 1 is 0.419 bits per heavy atom. The second-order valence-corrected chi connectivity index (χ2v) is 5.56. The van der Waals surface area contributed by atoms with E-state index >= 15 is 0 Å². The van der Waals surface area contributed by atoms with Gasteiger partial charge in [-0.1, -0.05) is 0 Å². The molecule has 1 radical (unpaired) electrons. The van der Waals surface area contributed by atoms with Crippen LogP contribution in [0.1, 0.15) is 0 Å². The fraction of sp³-hybridized carbons (Fsp3) is 0.643. The van der Waals surface area contributed by atoms with Gasteiger partial charge in [0.25, 0.3) is 0 Å². The Labute approximate surface area is 255 Å². The number of carbonyl (C=O) groups is 5. The van der Waals surface area contributed by atoms with Crippen LogP contribution in [0.2, 0.25) is 0 Å². The van der Waals surface area contributed by atoms with Gasteiger partial charge in [0.2, 0.25) is 0 Å². The first-order chi connectivity index (χ1) is 12.5. The van der Waals surface area contributed by atoms with Crippen LogP contribution in [0.25, 0.3) is 0 Å². The van der Waals surface area contributed by atoms with Crippen molar-refractivity contribution in [2.75, 3.05) is 58.9 Å². The third-order valence-electron chi connectivity index (χ3n) is 3.23. The van der Waals surface area contributed by atoms with Gasteiger partial charge in [-0.2, -0.15) is 0 Å². The van der Waals surface area contributed by atoms with Gasteiger partial charge in [0.15, 0.2) is 0 Å². The molecule has 0 spiro atoms. The standard InChI is InChI=1S/C14H23N3O10.Cu.3Na/c18-10(19)5-15(1-3-16(6-11(20)21)7-12(22)23)2-4-17(8-13(24)25)9-14(26)27;;;;/h1-9H2,(H,18,19)(H,20,21)(H,22,23)(H,24,25)(H,26,27);;;;/q;+2;3*+1/p-5. The number of hydrogen-bond acceptors (Lipinski definition) is 13. The van der Waals surface area contributed by atoms with Crippen LogP contribution in [-0.2, 0) is 41.0 Å². The van der Waals surface area contributed by atoms with Gasteiger partial charge in [-0.3, -0.25) is 14.7 Å². The minimum atomic E-state index is -1.54. The van der Waals surface area contributed by atoms with E-state index in [4.69, 9.17) is 0 Å². The van der Waals surface area contributed by atoms with E-state index < -0.39 is 62.6 Å². The molecule has 0 aromatic heterocycles. The minimum absolute atomic E-state index is 0. The topological polar surface area (TPSA) is 210 Å². The first-order valence-corrected chi connectivity index (χ1v) is 7.66. The molecule has 0 saturated heterocycles. The van der Waals surface area contributed by atoms with Crippen LogP contribution < -0.4 is 114 Å². The molecule has 0 aromatic carbocycles. The zero-order valence-electron chi connectivity index (χ0n) is 17.6. The second-order valence-electron chi connectivity index (χ2n) is 5.56. The van der Waals surface area contributed by atoms with Gasteiger partial charge in [-0.05, 0) is 0 Å². The number of carboxylic acids is 5. The molecule has 0 aliphatic rings. The van der Waals surface area contributed by atoms with Gasteiger partial charge < -0.3 is 49.5 Å². The van der Waals surface area contributed by atoms with Crippen molar-refractivity contribution in [3.63, 3.8) is 0 Å². The van der Waals surface area contributed by atoms with Crippen molar-refractivity contribution in [3.8, 4) is 0 Å². The Balaban J connectivity index is -0.000000563. The molecule has 0 unspecified atom stereocenters. The third kappa shape index (κ3) is 26.9. The van der Waals surface area contributed by atoms with Gasteiger partial charge >= 0.3 is 106 Å². The molecule has 0 aromatic rings. The van der Waals surface area contributed by atoms with Gasteiger partial charge in [0, 0.05) is 58.9 Å². The molecule has 0 aliphatic carbocycles. The van der Waals surface area contributed by atoms with Gasteiger partial charge in [0.1, 0.15) is 0 Å². The zero-order chi connectivity index (χ0) is 21.0. The summed E-state index contributed by atoms with van der Waals surface area (Å²) in [5, 5.41) is 53.3. The van der Waals surface area contributed by atoms with Crippen molar-refractivity contribution in [2.24, 2.45) is 0 Å². The average molecular weight is 521 g/mol. The molecule has 17 heteroatoms. The molecule has 0 N–H and O–H groups in total. The van der Waals surface area contributed by atoms with Crippen LogP contribution >= 0.6 is 0 Å². The van der Waals surface area contributed by atoms with Crippen LogP contribution in [-0.4, -0.2) is 103 Å². The molecular formula is C14H18CuN3Na3O10. The van der Waals surface area contributed by atoms with Crippen LogP contribution in [0.5, 0.6) is 0 Å². The molecule has 0 fully saturated rings.